The van der Waals surface area contributed by atoms with Gasteiger partial charge < -0.3 is 5.32 Å². The van der Waals surface area contributed by atoms with Crippen molar-refractivity contribution in [2.45, 2.75) is 0 Å². The van der Waals surface area contributed by atoms with E-state index < -0.39 is 11.7 Å². The molecule has 0 bridgehead atoms. The molecule has 0 unspecified atom stereocenters. The van der Waals surface area contributed by atoms with Crippen LogP contribution in [0.5, 0.6) is 0 Å². The number of halogens is 1. The molecule has 0 atom stereocenters. The topological polar surface area (TPSA) is 81.6 Å². The maximum absolute atomic E-state index is 13.5. The van der Waals surface area contributed by atoms with Crippen molar-refractivity contribution in [2.24, 2.45) is 0 Å². The first-order valence-corrected chi connectivity index (χ1v) is 6.12. The molecule has 0 spiro atoms. The quantitative estimate of drug-likeness (QED) is 0.757. The van der Waals surface area contributed by atoms with E-state index in [9.17, 15) is 9.18 Å². The molecule has 1 heterocycles. The van der Waals surface area contributed by atoms with Crippen LogP contribution in [0.2, 0.25) is 0 Å². The Morgan fingerprint density at radius 1 is 1.33 bits per heavy atom. The van der Waals surface area contributed by atoms with Gasteiger partial charge in [-0.25, -0.2) is 4.39 Å². The zero-order valence-corrected chi connectivity index (χ0v) is 10.7. The number of carbonyl (C=O) groups is 1. The van der Waals surface area contributed by atoms with Crippen LogP contribution in [-0.2, 0) is 0 Å². The average Bonchev–Trinajstić information content (AvgIpc) is 2.94. The predicted octanol–water partition coefficient (Wildman–Crippen LogP) is 2.83. The van der Waals surface area contributed by atoms with Crippen LogP contribution in [0.1, 0.15) is 15.9 Å². The Morgan fingerprint density at radius 3 is 3.00 bits per heavy atom. The van der Waals surface area contributed by atoms with Gasteiger partial charge in [-0.2, -0.15) is 10.4 Å². The SMILES string of the molecule is N#Cc1c(F)cccc1NC(=O)c1ccc2cn[nH]c2c1. The number of nitrogens with zero attached hydrogens (tertiary/aromatic N) is 2. The monoisotopic (exact) mass is 280 g/mol. The third kappa shape index (κ3) is 2.32. The molecule has 21 heavy (non-hydrogen) atoms. The van der Waals surface area contributed by atoms with E-state index in [1.165, 1.54) is 18.2 Å². The lowest BCUT2D eigenvalue weighted by molar-refractivity contribution is 0.102. The van der Waals surface area contributed by atoms with Crippen molar-refractivity contribution in [3.05, 3.63) is 59.5 Å². The number of anilines is 1. The maximum atomic E-state index is 13.5. The summed E-state index contributed by atoms with van der Waals surface area (Å²) in [7, 11) is 0. The van der Waals surface area contributed by atoms with Crippen molar-refractivity contribution in [3.63, 3.8) is 0 Å². The fourth-order valence-corrected chi connectivity index (χ4v) is 2.01. The number of fused-ring (bicyclic) bond motifs is 1. The molecule has 1 amide bonds. The van der Waals surface area contributed by atoms with E-state index in [-0.39, 0.29) is 11.3 Å². The molecule has 0 fully saturated rings. The smallest absolute Gasteiger partial charge is 0.255 e. The first-order valence-electron chi connectivity index (χ1n) is 6.12. The minimum absolute atomic E-state index is 0.146. The summed E-state index contributed by atoms with van der Waals surface area (Å²) >= 11 is 0. The van der Waals surface area contributed by atoms with Crippen LogP contribution in [0.3, 0.4) is 0 Å². The largest absolute Gasteiger partial charge is 0.321 e. The number of carbonyl (C=O) groups excluding carboxylic acids is 1. The van der Waals surface area contributed by atoms with Crippen LogP contribution in [0.15, 0.2) is 42.6 Å². The van der Waals surface area contributed by atoms with Gasteiger partial charge in [-0.1, -0.05) is 12.1 Å². The third-order valence-electron chi connectivity index (χ3n) is 3.08. The number of nitriles is 1. The average molecular weight is 280 g/mol. The van der Waals surface area contributed by atoms with E-state index in [0.29, 0.717) is 5.56 Å². The number of benzene rings is 2. The lowest BCUT2D eigenvalue weighted by atomic mass is 10.1. The molecular formula is C15H9FN4O. The summed E-state index contributed by atoms with van der Waals surface area (Å²) < 4.78 is 13.5. The van der Waals surface area contributed by atoms with Crippen LogP contribution in [-0.4, -0.2) is 16.1 Å². The van der Waals surface area contributed by atoms with Crippen molar-refractivity contribution in [1.82, 2.24) is 10.2 Å². The van der Waals surface area contributed by atoms with Crippen LogP contribution < -0.4 is 5.32 Å². The normalized spacial score (nSPS) is 10.3. The number of H-pyrrole nitrogens is 1. The highest BCUT2D eigenvalue weighted by Crippen LogP contribution is 2.19. The minimum Gasteiger partial charge on any atom is -0.321 e. The Hall–Kier alpha value is -3.20. The third-order valence-corrected chi connectivity index (χ3v) is 3.08. The number of rotatable bonds is 2. The minimum atomic E-state index is -0.667. The summed E-state index contributed by atoms with van der Waals surface area (Å²) in [5.41, 5.74) is 1.07. The predicted molar refractivity (Wildman–Crippen MR) is 75.2 cm³/mol. The first-order chi connectivity index (χ1) is 10.2. The second-order valence-corrected chi connectivity index (χ2v) is 4.40. The van der Waals surface area contributed by atoms with E-state index in [0.717, 1.165) is 10.9 Å². The summed E-state index contributed by atoms with van der Waals surface area (Å²) in [6, 6.07) is 10.9. The van der Waals surface area contributed by atoms with Crippen molar-refractivity contribution in [1.29, 1.82) is 5.26 Å². The molecule has 0 saturated carbocycles. The first kappa shape index (κ1) is 12.8. The number of amides is 1. The number of aromatic amines is 1. The van der Waals surface area contributed by atoms with Gasteiger partial charge in [0.1, 0.15) is 17.4 Å². The van der Waals surface area contributed by atoms with Gasteiger partial charge in [0.15, 0.2) is 0 Å². The van der Waals surface area contributed by atoms with E-state index in [2.05, 4.69) is 15.5 Å². The Bertz CT molecular complexity index is 879. The zero-order valence-electron chi connectivity index (χ0n) is 10.7. The van der Waals surface area contributed by atoms with E-state index in [1.54, 1.807) is 30.5 Å². The molecular weight excluding hydrogens is 271 g/mol. The number of hydrogen-bond acceptors (Lipinski definition) is 3. The molecule has 6 heteroatoms. The van der Waals surface area contributed by atoms with Gasteiger partial charge >= 0.3 is 0 Å². The summed E-state index contributed by atoms with van der Waals surface area (Å²) in [4.78, 5) is 12.2. The summed E-state index contributed by atoms with van der Waals surface area (Å²) in [6.07, 6.45) is 1.65. The molecule has 2 aromatic carbocycles. The van der Waals surface area contributed by atoms with Gasteiger partial charge in [0, 0.05) is 10.9 Å². The molecule has 102 valence electrons. The fraction of sp³-hybridized carbons (Fsp3) is 0. The van der Waals surface area contributed by atoms with E-state index in [1.807, 2.05) is 0 Å². The standard InChI is InChI=1S/C15H9FN4O/c16-12-2-1-3-13(11(12)7-17)19-15(21)9-4-5-10-8-18-20-14(10)6-9/h1-6,8H,(H,18,20)(H,19,21). The summed E-state index contributed by atoms with van der Waals surface area (Å²) in [6.45, 7) is 0. The van der Waals surface area contributed by atoms with Crippen molar-refractivity contribution >= 4 is 22.5 Å². The Balaban J connectivity index is 1.93. The molecule has 0 aliphatic rings. The summed E-state index contributed by atoms with van der Waals surface area (Å²) in [5.74, 6) is -1.09. The number of hydrogen-bond donors (Lipinski definition) is 2. The molecule has 0 radical (unpaired) electrons. The van der Waals surface area contributed by atoms with Gasteiger partial charge in [0.2, 0.25) is 0 Å². The highest BCUT2D eigenvalue weighted by atomic mass is 19.1. The van der Waals surface area contributed by atoms with Gasteiger partial charge in [-0.05, 0) is 24.3 Å². The van der Waals surface area contributed by atoms with Crippen molar-refractivity contribution in [2.75, 3.05) is 5.32 Å². The molecule has 2 N–H and O–H groups in total. The van der Waals surface area contributed by atoms with Crippen LogP contribution >= 0.6 is 0 Å². The van der Waals surface area contributed by atoms with Gasteiger partial charge in [0.05, 0.1) is 17.4 Å². The van der Waals surface area contributed by atoms with Crippen LogP contribution in [0.4, 0.5) is 10.1 Å². The Labute approximate surface area is 119 Å². The lowest BCUT2D eigenvalue weighted by Crippen LogP contribution is -2.13. The van der Waals surface area contributed by atoms with Crippen LogP contribution in [0, 0.1) is 17.1 Å². The molecule has 0 aliphatic heterocycles. The number of nitrogens with one attached hydrogen (secondary N) is 2. The highest BCUT2D eigenvalue weighted by Gasteiger charge is 2.12. The van der Waals surface area contributed by atoms with Gasteiger partial charge in [-0.15, -0.1) is 0 Å². The van der Waals surface area contributed by atoms with E-state index >= 15 is 0 Å². The van der Waals surface area contributed by atoms with Crippen molar-refractivity contribution < 1.29 is 9.18 Å². The second kappa shape index (κ2) is 5.06. The Kier molecular flexibility index (Phi) is 3.09. The maximum Gasteiger partial charge on any atom is 0.255 e. The number of aromatic nitrogens is 2. The molecule has 1 aromatic heterocycles. The fourth-order valence-electron chi connectivity index (χ4n) is 2.01. The zero-order chi connectivity index (χ0) is 14.8. The van der Waals surface area contributed by atoms with E-state index in [4.69, 9.17) is 5.26 Å². The van der Waals surface area contributed by atoms with Crippen LogP contribution in [0.25, 0.3) is 10.9 Å². The molecule has 3 rings (SSSR count). The van der Waals surface area contributed by atoms with Crippen molar-refractivity contribution in [3.8, 4) is 6.07 Å². The second-order valence-electron chi connectivity index (χ2n) is 4.40. The molecule has 3 aromatic rings. The highest BCUT2D eigenvalue weighted by molar-refractivity contribution is 6.06. The summed E-state index contributed by atoms with van der Waals surface area (Å²) in [5, 5.41) is 19.0. The van der Waals surface area contributed by atoms with Gasteiger partial charge in [-0.3, -0.25) is 9.89 Å². The lowest BCUT2D eigenvalue weighted by Gasteiger charge is -2.07. The van der Waals surface area contributed by atoms with Gasteiger partial charge in [0.25, 0.3) is 5.91 Å². The molecule has 0 saturated heterocycles. The Morgan fingerprint density at radius 2 is 2.19 bits per heavy atom. The molecule has 0 aliphatic carbocycles. The molecule has 5 nitrogen and oxygen atoms in total.